The Labute approximate surface area is 58.8 Å². The summed E-state index contributed by atoms with van der Waals surface area (Å²) in [5.41, 5.74) is -2.53. The van der Waals surface area contributed by atoms with E-state index in [0.717, 1.165) is 0 Å². The highest BCUT2D eigenvalue weighted by Gasteiger charge is 2.22. The molecule has 0 saturated carbocycles. The van der Waals surface area contributed by atoms with Crippen molar-refractivity contribution >= 4 is 0 Å². The lowest BCUT2D eigenvalue weighted by atomic mass is 9.95. The standard InChI is InChI=1S/C6H14O2/c1-5(2)6(3,4)8-7/h5,7H,1-4H3/i3D3,4D3. The van der Waals surface area contributed by atoms with Gasteiger partial charge in [-0.15, -0.1) is 0 Å². The quantitative estimate of drug-likeness (QED) is 0.450. The van der Waals surface area contributed by atoms with Gasteiger partial charge in [-0.1, -0.05) is 13.8 Å². The summed E-state index contributed by atoms with van der Waals surface area (Å²) in [5, 5.41) is 8.60. The average Bonchev–Trinajstić information content (AvgIpc) is 1.80. The zero-order valence-electron chi connectivity index (χ0n) is 10.9. The lowest BCUT2D eigenvalue weighted by molar-refractivity contribution is -0.323. The largest absolute Gasteiger partial charge is 0.251 e. The molecule has 0 bridgehead atoms. The fourth-order valence-corrected chi connectivity index (χ4v) is 0.105. The summed E-state index contributed by atoms with van der Waals surface area (Å²) >= 11 is 0. The molecule has 0 spiro atoms. The van der Waals surface area contributed by atoms with Crippen molar-refractivity contribution in [1.29, 1.82) is 0 Å². The third-order valence-corrected chi connectivity index (χ3v) is 0.957. The van der Waals surface area contributed by atoms with Crippen LogP contribution in [0, 0.1) is 5.92 Å². The zero-order valence-corrected chi connectivity index (χ0v) is 4.93. The Morgan fingerprint density at radius 2 is 2.12 bits per heavy atom. The first-order valence-corrected chi connectivity index (χ1v) is 2.33. The second-order valence-electron chi connectivity index (χ2n) is 1.98. The van der Waals surface area contributed by atoms with Crippen LogP contribution >= 0.6 is 0 Å². The molecule has 0 aliphatic heterocycles. The second kappa shape index (κ2) is 2.46. The van der Waals surface area contributed by atoms with Crippen LogP contribution < -0.4 is 0 Å². The van der Waals surface area contributed by atoms with Gasteiger partial charge in [-0.2, -0.15) is 0 Å². The van der Waals surface area contributed by atoms with Crippen molar-refractivity contribution in [3.8, 4) is 0 Å². The van der Waals surface area contributed by atoms with Crippen LogP contribution in [0.25, 0.3) is 0 Å². The first-order chi connectivity index (χ1) is 6.00. The summed E-state index contributed by atoms with van der Waals surface area (Å²) in [7, 11) is 0. The summed E-state index contributed by atoms with van der Waals surface area (Å²) in [6, 6.07) is 0. The van der Waals surface area contributed by atoms with Crippen molar-refractivity contribution in [3.05, 3.63) is 0 Å². The van der Waals surface area contributed by atoms with E-state index in [9.17, 15) is 0 Å². The minimum Gasteiger partial charge on any atom is -0.251 e. The Bertz CT molecular complexity index is 179. The lowest BCUT2D eigenvalue weighted by Crippen LogP contribution is -2.29. The summed E-state index contributed by atoms with van der Waals surface area (Å²) in [6.07, 6.45) is 0. The van der Waals surface area contributed by atoms with Crippen molar-refractivity contribution in [1.82, 2.24) is 0 Å². The van der Waals surface area contributed by atoms with E-state index in [0.29, 0.717) is 0 Å². The van der Waals surface area contributed by atoms with Gasteiger partial charge in [-0.25, -0.2) is 4.89 Å². The Morgan fingerprint density at radius 1 is 1.62 bits per heavy atom. The van der Waals surface area contributed by atoms with E-state index in [1.165, 1.54) is 13.8 Å². The molecular weight excluding hydrogens is 104 g/mol. The molecule has 0 aliphatic rings. The van der Waals surface area contributed by atoms with Crippen LogP contribution in [-0.2, 0) is 4.89 Å². The summed E-state index contributed by atoms with van der Waals surface area (Å²) in [4.78, 5) is 3.80. The van der Waals surface area contributed by atoms with Crippen molar-refractivity contribution in [2.45, 2.75) is 33.2 Å². The van der Waals surface area contributed by atoms with Crippen LogP contribution in [0.3, 0.4) is 0 Å². The van der Waals surface area contributed by atoms with Gasteiger partial charge in [-0.05, 0) is 19.6 Å². The van der Waals surface area contributed by atoms with Crippen molar-refractivity contribution in [2.75, 3.05) is 0 Å². The highest BCUT2D eigenvalue weighted by Crippen LogP contribution is 2.17. The van der Waals surface area contributed by atoms with Crippen LogP contribution in [0.15, 0.2) is 0 Å². The molecule has 1 N–H and O–H groups in total. The molecule has 0 amide bonds. The highest BCUT2D eigenvalue weighted by atomic mass is 17.1. The molecule has 0 saturated heterocycles. The Hall–Kier alpha value is -0.0800. The van der Waals surface area contributed by atoms with Crippen molar-refractivity contribution < 1.29 is 18.4 Å². The van der Waals surface area contributed by atoms with E-state index < -0.39 is 25.2 Å². The predicted octanol–water partition coefficient (Wildman–Crippen LogP) is 1.91. The molecule has 8 heavy (non-hydrogen) atoms. The van der Waals surface area contributed by atoms with Gasteiger partial charge in [0.1, 0.15) is 0 Å². The average molecular weight is 124 g/mol. The van der Waals surface area contributed by atoms with Crippen molar-refractivity contribution in [2.24, 2.45) is 5.92 Å². The summed E-state index contributed by atoms with van der Waals surface area (Å²) in [5.74, 6) is -0.868. The molecule has 0 aromatic carbocycles. The molecule has 0 radical (unpaired) electrons. The highest BCUT2D eigenvalue weighted by molar-refractivity contribution is 4.69. The van der Waals surface area contributed by atoms with Crippen LogP contribution in [0.1, 0.15) is 35.8 Å². The number of rotatable bonds is 2. The summed E-state index contributed by atoms with van der Waals surface area (Å²) < 4.78 is 42.7. The Morgan fingerprint density at radius 3 is 2.12 bits per heavy atom. The van der Waals surface area contributed by atoms with Crippen LogP contribution in [0.4, 0.5) is 0 Å². The topological polar surface area (TPSA) is 29.5 Å². The molecule has 0 heterocycles. The van der Waals surface area contributed by atoms with E-state index in [2.05, 4.69) is 4.89 Å². The molecule has 0 rings (SSSR count). The minimum atomic E-state index is -2.92. The first kappa shape index (κ1) is 2.27. The van der Waals surface area contributed by atoms with E-state index in [-0.39, 0.29) is 0 Å². The number of hydrogen-bond acceptors (Lipinski definition) is 2. The molecule has 0 aromatic rings. The molecule has 50 valence electrons. The first-order valence-electron chi connectivity index (χ1n) is 5.33. The lowest BCUT2D eigenvalue weighted by Gasteiger charge is -2.24. The van der Waals surface area contributed by atoms with Crippen LogP contribution in [0.2, 0.25) is 0 Å². The van der Waals surface area contributed by atoms with Gasteiger partial charge in [-0.3, -0.25) is 5.26 Å². The maximum atomic E-state index is 8.60. The van der Waals surface area contributed by atoms with Gasteiger partial charge in [0.25, 0.3) is 0 Å². The van der Waals surface area contributed by atoms with Gasteiger partial charge in [0.15, 0.2) is 0 Å². The third kappa shape index (κ3) is 1.80. The summed E-state index contributed by atoms with van der Waals surface area (Å²) in [6.45, 7) is -3.09. The van der Waals surface area contributed by atoms with Gasteiger partial charge in [0, 0.05) is 8.22 Å². The molecule has 0 aromatic heterocycles. The Balaban J connectivity index is 5.45. The predicted molar refractivity (Wildman–Crippen MR) is 32.6 cm³/mol. The maximum absolute atomic E-state index is 8.60. The van der Waals surface area contributed by atoms with Crippen LogP contribution in [0.5, 0.6) is 0 Å². The molecule has 0 unspecified atom stereocenters. The maximum Gasteiger partial charge on any atom is 0.1000 e. The zero-order chi connectivity index (χ0) is 11.8. The van der Waals surface area contributed by atoms with Gasteiger partial charge in [0.2, 0.25) is 0 Å². The normalized spacial score (nSPS) is 27.0. The Kier molecular flexibility index (Phi) is 0.700. The van der Waals surface area contributed by atoms with Gasteiger partial charge < -0.3 is 0 Å². The van der Waals surface area contributed by atoms with Gasteiger partial charge in [0.05, 0.1) is 5.60 Å². The van der Waals surface area contributed by atoms with E-state index in [1.54, 1.807) is 0 Å². The molecule has 0 atom stereocenters. The number of hydrogen-bond donors (Lipinski definition) is 1. The molecular formula is C6H14O2. The third-order valence-electron chi connectivity index (χ3n) is 0.957. The van der Waals surface area contributed by atoms with E-state index in [1.807, 2.05) is 0 Å². The van der Waals surface area contributed by atoms with E-state index in [4.69, 9.17) is 13.5 Å². The molecule has 2 nitrogen and oxygen atoms in total. The molecule has 0 fully saturated rings. The SMILES string of the molecule is [2H]C([2H])([2H])C(OO)(C(C)C)C([2H])([2H])[2H]. The fourth-order valence-electron chi connectivity index (χ4n) is 0.105. The fraction of sp³-hybridized carbons (Fsp3) is 1.00. The van der Waals surface area contributed by atoms with Crippen molar-refractivity contribution in [3.63, 3.8) is 0 Å². The van der Waals surface area contributed by atoms with E-state index >= 15 is 0 Å². The molecule has 2 heteroatoms. The monoisotopic (exact) mass is 124 g/mol. The molecule has 0 aliphatic carbocycles. The van der Waals surface area contributed by atoms with Gasteiger partial charge >= 0.3 is 0 Å². The smallest absolute Gasteiger partial charge is 0.1000 e. The minimum absolute atomic E-state index is 0.868. The second-order valence-corrected chi connectivity index (χ2v) is 1.98. The van der Waals surface area contributed by atoms with Crippen LogP contribution in [-0.4, -0.2) is 10.9 Å².